The molecule has 1 N–H and O–H groups in total. The second-order valence-electron chi connectivity index (χ2n) is 7.67. The number of nitrogens with zero attached hydrogens (tertiary/aromatic N) is 1. The van der Waals surface area contributed by atoms with Gasteiger partial charge < -0.3 is 24.1 Å². The lowest BCUT2D eigenvalue weighted by atomic mass is 9.87. The molecule has 7 nitrogen and oxygen atoms in total. The predicted molar refractivity (Wildman–Crippen MR) is 106 cm³/mol. The average Bonchev–Trinajstić information content (AvgIpc) is 3.23. The minimum atomic E-state index is -0.367. The standard InChI is InChI=1S/C22H26N2O5/c1-27-18-6-3-5-15(20(18)28-2)16-12-24(22(26)19-7-4-10-29-19)13-17(16)21(25)23-11-14-8-9-14/h3-7,10,14,16-17H,8-9,11-13H2,1-2H3,(H,23,25)/t16-,17+/m1/s1. The zero-order valence-corrected chi connectivity index (χ0v) is 16.7. The molecule has 0 unspecified atom stereocenters. The lowest BCUT2D eigenvalue weighted by Crippen LogP contribution is -2.36. The van der Waals surface area contributed by atoms with Crippen molar-refractivity contribution in [1.82, 2.24) is 10.2 Å². The van der Waals surface area contributed by atoms with E-state index in [1.807, 2.05) is 18.2 Å². The molecule has 0 bridgehead atoms. The predicted octanol–water partition coefficient (Wildman–Crippen LogP) is 2.68. The highest BCUT2D eigenvalue weighted by Crippen LogP contribution is 2.42. The van der Waals surface area contributed by atoms with Crippen LogP contribution in [0.3, 0.4) is 0 Å². The number of para-hydroxylation sites is 1. The first kappa shape index (κ1) is 19.4. The summed E-state index contributed by atoms with van der Waals surface area (Å²) < 4.78 is 16.3. The van der Waals surface area contributed by atoms with E-state index in [9.17, 15) is 9.59 Å². The molecule has 1 aliphatic carbocycles. The number of amides is 2. The van der Waals surface area contributed by atoms with Crippen LogP contribution in [0.5, 0.6) is 11.5 Å². The highest BCUT2D eigenvalue weighted by atomic mass is 16.5. The summed E-state index contributed by atoms with van der Waals surface area (Å²) in [6.45, 7) is 1.44. The Hall–Kier alpha value is -2.96. The lowest BCUT2D eigenvalue weighted by molar-refractivity contribution is -0.125. The van der Waals surface area contributed by atoms with Gasteiger partial charge in [-0.15, -0.1) is 0 Å². The Labute approximate surface area is 170 Å². The van der Waals surface area contributed by atoms with E-state index in [0.717, 1.165) is 5.56 Å². The van der Waals surface area contributed by atoms with Crippen molar-refractivity contribution in [3.63, 3.8) is 0 Å². The van der Waals surface area contributed by atoms with Crippen LogP contribution in [-0.4, -0.2) is 50.6 Å². The molecule has 154 valence electrons. The minimum Gasteiger partial charge on any atom is -0.493 e. The number of rotatable bonds is 7. The van der Waals surface area contributed by atoms with Crippen LogP contribution in [0.4, 0.5) is 0 Å². The van der Waals surface area contributed by atoms with E-state index in [1.54, 1.807) is 31.3 Å². The Bertz CT molecular complexity index is 875. The molecule has 29 heavy (non-hydrogen) atoms. The summed E-state index contributed by atoms with van der Waals surface area (Å²) in [6.07, 6.45) is 3.81. The summed E-state index contributed by atoms with van der Waals surface area (Å²) in [5.74, 6) is 1.28. The molecule has 2 fully saturated rings. The lowest BCUT2D eigenvalue weighted by Gasteiger charge is -2.21. The van der Waals surface area contributed by atoms with Crippen molar-refractivity contribution in [2.24, 2.45) is 11.8 Å². The third kappa shape index (κ3) is 3.95. The fourth-order valence-corrected chi connectivity index (χ4v) is 4.01. The molecule has 2 aromatic rings. The number of carbonyl (C=O) groups excluding carboxylic acids is 2. The van der Waals surface area contributed by atoms with Crippen molar-refractivity contribution in [2.75, 3.05) is 33.9 Å². The Morgan fingerprint density at radius 1 is 1.14 bits per heavy atom. The van der Waals surface area contributed by atoms with E-state index in [4.69, 9.17) is 13.9 Å². The van der Waals surface area contributed by atoms with Gasteiger partial charge in [0.2, 0.25) is 5.91 Å². The maximum atomic E-state index is 13.0. The van der Waals surface area contributed by atoms with E-state index in [-0.39, 0.29) is 29.4 Å². The van der Waals surface area contributed by atoms with Crippen LogP contribution in [0.25, 0.3) is 0 Å². The molecule has 0 spiro atoms. The van der Waals surface area contributed by atoms with Gasteiger partial charge in [0.05, 0.1) is 26.4 Å². The molecule has 2 heterocycles. The molecule has 2 aliphatic rings. The number of nitrogens with one attached hydrogen (secondary N) is 1. The number of ether oxygens (including phenoxy) is 2. The number of methoxy groups -OCH3 is 2. The summed E-state index contributed by atoms with van der Waals surface area (Å²) >= 11 is 0. The third-order valence-corrected chi connectivity index (χ3v) is 5.77. The number of furan rings is 1. The first-order valence-corrected chi connectivity index (χ1v) is 9.93. The first-order valence-electron chi connectivity index (χ1n) is 9.93. The van der Waals surface area contributed by atoms with Gasteiger partial charge in [0.1, 0.15) is 0 Å². The highest BCUT2D eigenvalue weighted by molar-refractivity contribution is 5.93. The zero-order chi connectivity index (χ0) is 20.4. The van der Waals surface area contributed by atoms with Gasteiger partial charge in [-0.05, 0) is 37.0 Å². The van der Waals surface area contributed by atoms with Crippen LogP contribution < -0.4 is 14.8 Å². The quantitative estimate of drug-likeness (QED) is 0.776. The van der Waals surface area contributed by atoms with Crippen molar-refractivity contribution in [2.45, 2.75) is 18.8 Å². The summed E-state index contributed by atoms with van der Waals surface area (Å²) in [4.78, 5) is 27.6. The van der Waals surface area contributed by atoms with Gasteiger partial charge in [-0.1, -0.05) is 12.1 Å². The molecular formula is C22H26N2O5. The van der Waals surface area contributed by atoms with Crippen molar-refractivity contribution in [1.29, 1.82) is 0 Å². The largest absolute Gasteiger partial charge is 0.493 e. The summed E-state index contributed by atoms with van der Waals surface area (Å²) in [5.41, 5.74) is 0.869. The number of carbonyl (C=O) groups is 2. The van der Waals surface area contributed by atoms with Crippen LogP contribution >= 0.6 is 0 Å². The van der Waals surface area contributed by atoms with Crippen molar-refractivity contribution in [3.05, 3.63) is 47.9 Å². The van der Waals surface area contributed by atoms with Crippen LogP contribution in [-0.2, 0) is 4.79 Å². The van der Waals surface area contributed by atoms with Gasteiger partial charge in [0, 0.05) is 31.1 Å². The Morgan fingerprint density at radius 3 is 2.62 bits per heavy atom. The van der Waals surface area contributed by atoms with Gasteiger partial charge in [-0.2, -0.15) is 0 Å². The molecule has 2 amide bonds. The van der Waals surface area contributed by atoms with Crippen LogP contribution in [0.2, 0.25) is 0 Å². The minimum absolute atomic E-state index is 0.0264. The summed E-state index contributed by atoms with van der Waals surface area (Å²) in [6, 6.07) is 8.97. The third-order valence-electron chi connectivity index (χ3n) is 5.77. The van der Waals surface area contributed by atoms with Gasteiger partial charge in [0.15, 0.2) is 17.3 Å². The van der Waals surface area contributed by atoms with E-state index in [0.29, 0.717) is 37.1 Å². The maximum absolute atomic E-state index is 13.0. The molecule has 1 aromatic carbocycles. The highest BCUT2D eigenvalue weighted by Gasteiger charge is 2.42. The summed E-state index contributed by atoms with van der Waals surface area (Å²) in [5, 5.41) is 3.07. The van der Waals surface area contributed by atoms with Gasteiger partial charge in [-0.3, -0.25) is 9.59 Å². The number of benzene rings is 1. The van der Waals surface area contributed by atoms with Gasteiger partial charge >= 0.3 is 0 Å². The van der Waals surface area contributed by atoms with Gasteiger partial charge in [-0.25, -0.2) is 0 Å². The Morgan fingerprint density at radius 2 is 1.97 bits per heavy atom. The van der Waals surface area contributed by atoms with E-state index in [1.165, 1.54) is 19.1 Å². The first-order chi connectivity index (χ1) is 14.1. The smallest absolute Gasteiger partial charge is 0.289 e. The molecule has 1 saturated carbocycles. The number of likely N-dealkylation sites (tertiary alicyclic amines) is 1. The topological polar surface area (TPSA) is 81.0 Å². The number of hydrogen-bond acceptors (Lipinski definition) is 5. The normalized spacial score (nSPS) is 21.1. The van der Waals surface area contributed by atoms with Gasteiger partial charge in [0.25, 0.3) is 5.91 Å². The average molecular weight is 398 g/mol. The van der Waals surface area contributed by atoms with Crippen molar-refractivity contribution in [3.8, 4) is 11.5 Å². The molecule has 1 aliphatic heterocycles. The Balaban J connectivity index is 1.62. The fraction of sp³-hybridized carbons (Fsp3) is 0.455. The van der Waals surface area contributed by atoms with Crippen molar-refractivity contribution >= 4 is 11.8 Å². The second kappa shape index (κ2) is 8.19. The molecule has 2 atom stereocenters. The molecule has 7 heteroatoms. The molecule has 1 saturated heterocycles. The second-order valence-corrected chi connectivity index (χ2v) is 7.67. The van der Waals surface area contributed by atoms with Crippen molar-refractivity contribution < 1.29 is 23.5 Å². The summed E-state index contributed by atoms with van der Waals surface area (Å²) in [7, 11) is 3.17. The zero-order valence-electron chi connectivity index (χ0n) is 16.7. The van der Waals surface area contributed by atoms with E-state index < -0.39 is 0 Å². The van der Waals surface area contributed by atoms with Crippen LogP contribution in [0.15, 0.2) is 41.0 Å². The number of hydrogen-bond donors (Lipinski definition) is 1. The fourth-order valence-electron chi connectivity index (χ4n) is 4.01. The molecular weight excluding hydrogens is 372 g/mol. The molecule has 0 radical (unpaired) electrons. The maximum Gasteiger partial charge on any atom is 0.289 e. The van der Waals surface area contributed by atoms with E-state index in [2.05, 4.69) is 5.32 Å². The monoisotopic (exact) mass is 398 g/mol. The molecule has 1 aromatic heterocycles. The van der Waals surface area contributed by atoms with E-state index >= 15 is 0 Å². The Kier molecular flexibility index (Phi) is 5.47. The SMILES string of the molecule is COc1cccc([C@H]2CN(C(=O)c3ccco3)C[C@@H]2C(=O)NCC2CC2)c1OC. The van der Waals surface area contributed by atoms with Crippen LogP contribution in [0, 0.1) is 11.8 Å². The van der Waals surface area contributed by atoms with Crippen LogP contribution in [0.1, 0.15) is 34.9 Å². The molecule has 4 rings (SSSR count).